The summed E-state index contributed by atoms with van der Waals surface area (Å²) in [6, 6.07) is 11.9. The summed E-state index contributed by atoms with van der Waals surface area (Å²) in [6.07, 6.45) is 3.94. The molecule has 0 radical (unpaired) electrons. The van der Waals surface area contributed by atoms with Crippen LogP contribution in [0.2, 0.25) is 0 Å². The van der Waals surface area contributed by atoms with Crippen molar-refractivity contribution in [1.29, 1.82) is 0 Å². The van der Waals surface area contributed by atoms with E-state index in [0.717, 1.165) is 42.3 Å². The monoisotopic (exact) mass is 385 g/mol. The van der Waals surface area contributed by atoms with Crippen LogP contribution in [0.15, 0.2) is 46.3 Å². The molecule has 1 aliphatic rings. The minimum atomic E-state index is -0.109. The Kier molecular flexibility index (Phi) is 6.72. The number of aryl methyl sites for hydroxylation is 2. The molecule has 3 rings (SSSR count). The van der Waals surface area contributed by atoms with Crippen molar-refractivity contribution in [2.45, 2.75) is 63.2 Å². The maximum absolute atomic E-state index is 12.5. The first-order chi connectivity index (χ1) is 13.1. The Labute approximate surface area is 164 Å². The van der Waals surface area contributed by atoms with Crippen LogP contribution >= 0.6 is 11.8 Å². The molecule has 2 unspecified atom stereocenters. The van der Waals surface area contributed by atoms with Crippen LogP contribution in [0.5, 0.6) is 0 Å². The Bertz CT molecular complexity index is 835. The predicted molar refractivity (Wildman–Crippen MR) is 109 cm³/mol. The van der Waals surface area contributed by atoms with Gasteiger partial charge in [0, 0.05) is 30.0 Å². The molecule has 1 aromatic heterocycles. The Balaban J connectivity index is 1.54. The van der Waals surface area contributed by atoms with E-state index in [4.69, 9.17) is 0 Å². The fourth-order valence-electron chi connectivity index (χ4n) is 3.38. The van der Waals surface area contributed by atoms with Gasteiger partial charge in [0.25, 0.3) is 5.56 Å². The molecule has 0 bridgehead atoms. The molecule has 2 aromatic rings. The lowest BCUT2D eigenvalue weighted by Crippen LogP contribution is -2.35. The molecule has 0 saturated carbocycles. The molecule has 2 heterocycles. The molecule has 0 fully saturated rings. The Morgan fingerprint density at radius 2 is 2.11 bits per heavy atom. The Hall–Kier alpha value is -2.08. The number of nitrogens with one attached hydrogen (secondary N) is 1. The Morgan fingerprint density at radius 1 is 1.33 bits per heavy atom. The highest BCUT2D eigenvalue weighted by atomic mass is 32.2. The third-order valence-corrected chi connectivity index (χ3v) is 5.88. The van der Waals surface area contributed by atoms with Gasteiger partial charge in [-0.1, -0.05) is 55.4 Å². The van der Waals surface area contributed by atoms with Gasteiger partial charge in [0.05, 0.1) is 6.04 Å². The van der Waals surface area contributed by atoms with Crippen molar-refractivity contribution >= 4 is 17.7 Å². The van der Waals surface area contributed by atoms with Gasteiger partial charge in [-0.2, -0.15) is 0 Å². The van der Waals surface area contributed by atoms with Crippen LogP contribution in [-0.2, 0) is 17.6 Å². The summed E-state index contributed by atoms with van der Waals surface area (Å²) in [5.74, 6) is 0.724. The van der Waals surface area contributed by atoms with Crippen molar-refractivity contribution in [3.05, 3.63) is 58.0 Å². The zero-order valence-corrected chi connectivity index (χ0v) is 16.8. The molecule has 0 saturated heterocycles. The lowest BCUT2D eigenvalue weighted by atomic mass is 10.1. The van der Waals surface area contributed by atoms with Crippen molar-refractivity contribution < 1.29 is 4.79 Å². The number of rotatable bonds is 8. The summed E-state index contributed by atoms with van der Waals surface area (Å²) >= 11 is 1.57. The average Bonchev–Trinajstić information content (AvgIpc) is 3.04. The number of amides is 1. The molecule has 6 heteroatoms. The molecule has 1 amide bonds. The fraction of sp³-hybridized carbons (Fsp3) is 0.476. The minimum Gasteiger partial charge on any atom is -0.354 e. The van der Waals surface area contributed by atoms with Gasteiger partial charge in [-0.05, 0) is 31.7 Å². The highest BCUT2D eigenvalue weighted by Crippen LogP contribution is 2.32. The smallest absolute Gasteiger partial charge is 0.254 e. The maximum Gasteiger partial charge on any atom is 0.254 e. The van der Waals surface area contributed by atoms with Gasteiger partial charge in [-0.3, -0.25) is 14.2 Å². The molecule has 1 aromatic carbocycles. The third-order valence-electron chi connectivity index (χ3n) is 4.79. The van der Waals surface area contributed by atoms with Crippen molar-refractivity contribution in [2.24, 2.45) is 0 Å². The molecule has 1 N–H and O–H groups in total. The second-order valence-corrected chi connectivity index (χ2v) is 8.14. The van der Waals surface area contributed by atoms with Gasteiger partial charge >= 0.3 is 0 Å². The second kappa shape index (κ2) is 9.22. The predicted octanol–water partition coefficient (Wildman–Crippen LogP) is 3.37. The first-order valence-corrected chi connectivity index (χ1v) is 10.6. The highest BCUT2D eigenvalue weighted by molar-refractivity contribution is 7.99. The number of hydrogen-bond donors (Lipinski definition) is 1. The molecule has 1 aliphatic heterocycles. The van der Waals surface area contributed by atoms with Crippen molar-refractivity contribution in [2.75, 3.05) is 5.75 Å². The van der Waals surface area contributed by atoms with E-state index in [2.05, 4.69) is 29.4 Å². The van der Waals surface area contributed by atoms with Crippen LogP contribution in [0.4, 0.5) is 0 Å². The summed E-state index contributed by atoms with van der Waals surface area (Å²) in [5.41, 5.74) is 2.09. The number of carbonyl (C=O) groups excluding carboxylic acids is 1. The quantitative estimate of drug-likeness (QED) is 0.708. The standard InChI is InChI=1S/C21H27N3O2S/c1-3-7-17-12-20(26)24-18(14-27-21(24)23-17)13-19(25)22-15(2)10-11-16-8-5-4-6-9-16/h4-6,8-9,12,15,18H,3,7,10-11,13-14H2,1-2H3,(H,22,25). The van der Waals surface area contributed by atoms with Crippen molar-refractivity contribution in [1.82, 2.24) is 14.9 Å². The molecular weight excluding hydrogens is 358 g/mol. The van der Waals surface area contributed by atoms with Crippen LogP contribution < -0.4 is 10.9 Å². The van der Waals surface area contributed by atoms with Crippen molar-refractivity contribution in [3.8, 4) is 0 Å². The summed E-state index contributed by atoms with van der Waals surface area (Å²) in [4.78, 5) is 29.5. The van der Waals surface area contributed by atoms with E-state index in [1.807, 2.05) is 25.1 Å². The number of hydrogen-bond acceptors (Lipinski definition) is 4. The SMILES string of the molecule is CCCc1cc(=O)n2c(n1)SCC2CC(=O)NC(C)CCc1ccccc1. The number of aromatic nitrogens is 2. The number of benzene rings is 1. The van der Waals surface area contributed by atoms with Gasteiger partial charge < -0.3 is 5.32 Å². The maximum atomic E-state index is 12.5. The highest BCUT2D eigenvalue weighted by Gasteiger charge is 2.27. The normalized spacial score (nSPS) is 16.7. The molecule has 5 nitrogen and oxygen atoms in total. The van der Waals surface area contributed by atoms with Crippen LogP contribution in [0.1, 0.15) is 50.4 Å². The van der Waals surface area contributed by atoms with E-state index >= 15 is 0 Å². The zero-order chi connectivity index (χ0) is 19.2. The van der Waals surface area contributed by atoms with Gasteiger partial charge in [0.1, 0.15) is 0 Å². The molecule has 27 heavy (non-hydrogen) atoms. The van der Waals surface area contributed by atoms with E-state index in [9.17, 15) is 9.59 Å². The minimum absolute atomic E-state index is 0.00135. The number of fused-ring (bicyclic) bond motifs is 1. The van der Waals surface area contributed by atoms with Crippen LogP contribution in [0.25, 0.3) is 0 Å². The van der Waals surface area contributed by atoms with E-state index in [-0.39, 0.29) is 23.6 Å². The van der Waals surface area contributed by atoms with E-state index in [1.54, 1.807) is 22.4 Å². The topological polar surface area (TPSA) is 64.0 Å². The summed E-state index contributed by atoms with van der Waals surface area (Å²) in [6.45, 7) is 4.11. The second-order valence-electron chi connectivity index (χ2n) is 7.15. The number of nitrogens with zero attached hydrogens (tertiary/aromatic N) is 2. The van der Waals surface area contributed by atoms with Gasteiger partial charge in [-0.25, -0.2) is 4.98 Å². The van der Waals surface area contributed by atoms with E-state index in [0.29, 0.717) is 6.42 Å². The molecular formula is C21H27N3O2S. The fourth-order valence-corrected chi connectivity index (χ4v) is 4.55. The summed E-state index contributed by atoms with van der Waals surface area (Å²) in [5, 5.41) is 3.83. The number of carbonyl (C=O) groups is 1. The van der Waals surface area contributed by atoms with Crippen LogP contribution in [-0.4, -0.2) is 27.3 Å². The van der Waals surface area contributed by atoms with E-state index in [1.165, 1.54) is 5.56 Å². The molecule has 0 aliphatic carbocycles. The average molecular weight is 386 g/mol. The van der Waals surface area contributed by atoms with Crippen molar-refractivity contribution in [3.63, 3.8) is 0 Å². The molecule has 2 atom stereocenters. The summed E-state index contributed by atoms with van der Waals surface area (Å²) < 4.78 is 1.69. The first kappa shape index (κ1) is 19.7. The third kappa shape index (κ3) is 5.22. The van der Waals surface area contributed by atoms with Crippen LogP contribution in [0.3, 0.4) is 0 Å². The Morgan fingerprint density at radius 3 is 2.85 bits per heavy atom. The van der Waals surface area contributed by atoms with Gasteiger partial charge in [0.15, 0.2) is 5.16 Å². The van der Waals surface area contributed by atoms with Gasteiger partial charge in [-0.15, -0.1) is 0 Å². The van der Waals surface area contributed by atoms with E-state index < -0.39 is 0 Å². The lowest BCUT2D eigenvalue weighted by molar-refractivity contribution is -0.122. The lowest BCUT2D eigenvalue weighted by Gasteiger charge is -2.17. The molecule has 0 spiro atoms. The van der Waals surface area contributed by atoms with Crippen LogP contribution in [0, 0.1) is 0 Å². The largest absolute Gasteiger partial charge is 0.354 e. The summed E-state index contributed by atoms with van der Waals surface area (Å²) in [7, 11) is 0. The van der Waals surface area contributed by atoms with Gasteiger partial charge in [0.2, 0.25) is 5.91 Å². The first-order valence-electron chi connectivity index (χ1n) is 9.65. The number of thioether (sulfide) groups is 1. The molecule has 144 valence electrons. The zero-order valence-electron chi connectivity index (χ0n) is 16.0.